The average molecular weight is 394 g/mol. The van der Waals surface area contributed by atoms with E-state index in [0.29, 0.717) is 24.4 Å². The van der Waals surface area contributed by atoms with Crippen LogP contribution in [0.3, 0.4) is 0 Å². The first-order valence-corrected chi connectivity index (χ1v) is 10.2. The van der Waals surface area contributed by atoms with Crippen LogP contribution in [0.5, 0.6) is 0 Å². The fraction of sp³-hybridized carbons (Fsp3) is 0.714. The number of hydrogen-bond donors (Lipinski definition) is 1. The average Bonchev–Trinajstić information content (AvgIpc) is 2.64. The monoisotopic (exact) mass is 394 g/mol. The van der Waals surface area contributed by atoms with E-state index in [2.05, 4.69) is 6.92 Å². The molecule has 2 unspecified atom stereocenters. The third kappa shape index (κ3) is 7.05. The van der Waals surface area contributed by atoms with Crippen LogP contribution in [0.2, 0.25) is 0 Å². The van der Waals surface area contributed by atoms with Crippen molar-refractivity contribution in [3.05, 3.63) is 29.1 Å². The van der Waals surface area contributed by atoms with Crippen molar-refractivity contribution in [1.82, 2.24) is 0 Å². The van der Waals surface area contributed by atoms with Crippen LogP contribution in [-0.2, 0) is 0 Å². The van der Waals surface area contributed by atoms with E-state index in [0.717, 1.165) is 44.9 Å². The summed E-state index contributed by atoms with van der Waals surface area (Å²) in [6.07, 6.45) is 8.98. The number of benzene rings is 1. The number of unbranched alkanes of at least 4 members (excludes halogenated alkanes) is 6. The minimum Gasteiger partial charge on any atom is -0.297 e. The first-order chi connectivity index (χ1) is 12.8. The van der Waals surface area contributed by atoms with E-state index in [9.17, 15) is 22.0 Å². The molecular formula is C21H33F5N+. The minimum absolute atomic E-state index is 0.129. The summed E-state index contributed by atoms with van der Waals surface area (Å²) in [5, 5.41) is 0. The fourth-order valence-electron chi connectivity index (χ4n) is 3.56. The van der Waals surface area contributed by atoms with Crippen molar-refractivity contribution >= 4 is 5.69 Å². The predicted molar refractivity (Wildman–Crippen MR) is 98.7 cm³/mol. The van der Waals surface area contributed by atoms with Crippen LogP contribution >= 0.6 is 0 Å². The van der Waals surface area contributed by atoms with E-state index >= 15 is 0 Å². The Morgan fingerprint density at radius 1 is 0.667 bits per heavy atom. The van der Waals surface area contributed by atoms with Crippen molar-refractivity contribution in [3.8, 4) is 0 Å². The largest absolute Gasteiger partial charge is 0.297 e. The third-order valence-corrected chi connectivity index (χ3v) is 5.02. The van der Waals surface area contributed by atoms with Crippen LogP contribution in [0.4, 0.5) is 27.6 Å². The normalized spacial score (nSPS) is 13.8. The highest BCUT2D eigenvalue weighted by Crippen LogP contribution is 2.25. The number of hydrogen-bond acceptors (Lipinski definition) is 0. The van der Waals surface area contributed by atoms with Crippen molar-refractivity contribution < 1.29 is 26.9 Å². The molecule has 1 nitrogen and oxygen atoms in total. The van der Waals surface area contributed by atoms with Gasteiger partial charge in [-0.1, -0.05) is 59.3 Å². The molecule has 0 bridgehead atoms. The highest BCUT2D eigenvalue weighted by atomic mass is 19.2. The lowest BCUT2D eigenvalue weighted by atomic mass is 10.0. The highest BCUT2D eigenvalue weighted by Gasteiger charge is 2.33. The van der Waals surface area contributed by atoms with Crippen molar-refractivity contribution in [1.29, 1.82) is 0 Å². The Morgan fingerprint density at radius 2 is 1.15 bits per heavy atom. The second-order valence-electron chi connectivity index (χ2n) is 7.52. The summed E-state index contributed by atoms with van der Waals surface area (Å²) in [6.45, 7) is 6.80. The molecular weight excluding hydrogens is 361 g/mol. The summed E-state index contributed by atoms with van der Waals surface area (Å²) in [7, 11) is 0. The summed E-state index contributed by atoms with van der Waals surface area (Å²) in [6, 6.07) is 0. The predicted octanol–water partition coefficient (Wildman–Crippen LogP) is 6.09. The summed E-state index contributed by atoms with van der Waals surface area (Å²) in [5.74, 6) is -9.08. The molecule has 0 aliphatic carbocycles. The van der Waals surface area contributed by atoms with Gasteiger partial charge in [0.15, 0.2) is 0 Å². The summed E-state index contributed by atoms with van der Waals surface area (Å²) in [5.41, 5.74) is -0.708. The molecule has 0 amide bonds. The molecule has 0 saturated heterocycles. The van der Waals surface area contributed by atoms with Gasteiger partial charge in [-0.05, 0) is 19.3 Å². The maximum absolute atomic E-state index is 14.3. The molecule has 0 spiro atoms. The number of rotatable bonds is 13. The molecule has 0 aliphatic rings. The molecule has 0 radical (unpaired) electrons. The highest BCUT2D eigenvalue weighted by molar-refractivity contribution is 5.35. The van der Waals surface area contributed by atoms with Crippen molar-refractivity contribution in [2.45, 2.75) is 78.6 Å². The summed E-state index contributed by atoms with van der Waals surface area (Å²) >= 11 is 0. The van der Waals surface area contributed by atoms with Gasteiger partial charge in [0.25, 0.3) is 0 Å². The summed E-state index contributed by atoms with van der Waals surface area (Å²) < 4.78 is 69.2. The van der Waals surface area contributed by atoms with Crippen LogP contribution in [0.1, 0.15) is 78.6 Å². The van der Waals surface area contributed by atoms with Crippen molar-refractivity contribution in [2.24, 2.45) is 5.92 Å². The summed E-state index contributed by atoms with van der Waals surface area (Å²) in [4.78, 5) is 0.345. The zero-order chi connectivity index (χ0) is 20.4. The number of nitrogens with one attached hydrogen (secondary N) is 1. The SMILES string of the molecule is CCCCCCCCC[NH+](CC(C)CCC)c1c(F)c(F)c(F)c(F)c1F. The van der Waals surface area contributed by atoms with E-state index in [4.69, 9.17) is 0 Å². The van der Waals surface area contributed by atoms with E-state index < -0.39 is 34.8 Å². The van der Waals surface area contributed by atoms with Gasteiger partial charge < -0.3 is 0 Å². The van der Waals surface area contributed by atoms with E-state index in [1.165, 1.54) is 6.42 Å². The third-order valence-electron chi connectivity index (χ3n) is 5.02. The molecule has 156 valence electrons. The van der Waals surface area contributed by atoms with Crippen LogP contribution in [-0.4, -0.2) is 13.1 Å². The van der Waals surface area contributed by atoms with E-state index in [1.54, 1.807) is 0 Å². The van der Waals surface area contributed by atoms with E-state index in [-0.39, 0.29) is 5.92 Å². The van der Waals surface area contributed by atoms with E-state index in [1.807, 2.05) is 13.8 Å². The van der Waals surface area contributed by atoms with Crippen LogP contribution < -0.4 is 4.90 Å². The Hall–Kier alpha value is -1.17. The maximum atomic E-state index is 14.3. The molecule has 1 aromatic rings. The van der Waals surface area contributed by atoms with Gasteiger partial charge in [0.05, 0.1) is 13.1 Å². The first-order valence-electron chi connectivity index (χ1n) is 10.2. The molecule has 0 fully saturated rings. The lowest BCUT2D eigenvalue weighted by molar-refractivity contribution is -0.839. The quantitative estimate of drug-likeness (QED) is 0.179. The molecule has 0 saturated carbocycles. The maximum Gasteiger partial charge on any atom is 0.225 e. The first kappa shape index (κ1) is 23.9. The lowest BCUT2D eigenvalue weighted by Gasteiger charge is -2.23. The van der Waals surface area contributed by atoms with Crippen LogP contribution in [0.25, 0.3) is 0 Å². The van der Waals surface area contributed by atoms with Crippen LogP contribution in [0, 0.1) is 35.0 Å². The van der Waals surface area contributed by atoms with Gasteiger partial charge in [-0.2, -0.15) is 8.78 Å². The Balaban J connectivity index is 2.89. The Kier molecular flexibility index (Phi) is 10.9. The van der Waals surface area contributed by atoms with Gasteiger partial charge in [0, 0.05) is 5.92 Å². The topological polar surface area (TPSA) is 4.44 Å². The zero-order valence-corrected chi connectivity index (χ0v) is 16.7. The standard InChI is InChI=1S/C21H32F5N/c1-4-6-7-8-9-10-11-13-27(14-15(3)12-5-2)21-19(25)17(23)16(22)18(24)20(21)26/h15H,4-14H2,1-3H3/p+1. The Morgan fingerprint density at radius 3 is 1.67 bits per heavy atom. The Labute approximate surface area is 159 Å². The number of halogens is 5. The smallest absolute Gasteiger partial charge is 0.225 e. The molecule has 1 rings (SSSR count). The fourth-order valence-corrected chi connectivity index (χ4v) is 3.56. The molecule has 2 atom stereocenters. The lowest BCUT2D eigenvalue weighted by Crippen LogP contribution is -3.08. The van der Waals surface area contributed by atoms with Gasteiger partial charge in [-0.3, -0.25) is 4.90 Å². The van der Waals surface area contributed by atoms with Crippen molar-refractivity contribution in [2.75, 3.05) is 13.1 Å². The van der Waals surface area contributed by atoms with Crippen molar-refractivity contribution in [3.63, 3.8) is 0 Å². The molecule has 0 aliphatic heterocycles. The van der Waals surface area contributed by atoms with Gasteiger partial charge >= 0.3 is 0 Å². The molecule has 1 aromatic carbocycles. The minimum atomic E-state index is -2.09. The van der Waals surface area contributed by atoms with Gasteiger partial charge in [-0.25, -0.2) is 13.2 Å². The molecule has 0 aromatic heterocycles. The molecule has 1 N–H and O–H groups in total. The van der Waals surface area contributed by atoms with Gasteiger partial charge in [0.2, 0.25) is 34.8 Å². The van der Waals surface area contributed by atoms with Gasteiger partial charge in [0.1, 0.15) is 0 Å². The molecule has 0 heterocycles. The number of quaternary nitrogens is 1. The van der Waals surface area contributed by atoms with Crippen LogP contribution in [0.15, 0.2) is 0 Å². The Bertz CT molecular complexity index is 547. The van der Waals surface area contributed by atoms with Gasteiger partial charge in [-0.15, -0.1) is 0 Å². The molecule has 6 heteroatoms. The zero-order valence-electron chi connectivity index (χ0n) is 16.7. The second kappa shape index (κ2) is 12.3. The second-order valence-corrected chi connectivity index (χ2v) is 7.52. The molecule has 27 heavy (non-hydrogen) atoms.